The molecule has 104 valence electrons. The highest BCUT2D eigenvalue weighted by atomic mass is 79.9. The molecule has 20 heavy (non-hydrogen) atoms. The number of nitrogens with zero attached hydrogens (tertiary/aromatic N) is 1. The van der Waals surface area contributed by atoms with Gasteiger partial charge in [-0.3, -0.25) is 4.79 Å². The van der Waals surface area contributed by atoms with E-state index in [1.807, 2.05) is 13.0 Å². The van der Waals surface area contributed by atoms with Crippen LogP contribution in [-0.4, -0.2) is 18.0 Å². The summed E-state index contributed by atoms with van der Waals surface area (Å²) >= 11 is 3.36. The molecule has 3 N–H and O–H groups in total. The Balaban J connectivity index is 2.21. The molecule has 0 aliphatic rings. The normalized spacial score (nSPS) is 10.2. The lowest BCUT2D eigenvalue weighted by molar-refractivity contribution is 0.102. The first-order valence-corrected chi connectivity index (χ1v) is 6.68. The zero-order valence-corrected chi connectivity index (χ0v) is 12.7. The third kappa shape index (κ3) is 3.08. The topological polar surface area (TPSA) is 77.2 Å². The van der Waals surface area contributed by atoms with E-state index >= 15 is 0 Å². The molecule has 0 atom stereocenters. The van der Waals surface area contributed by atoms with Crippen LogP contribution in [0.4, 0.5) is 11.5 Å². The standard InChI is InChI=1S/C14H14BrN3O2/c1-8-11(15)5-6-13(17-8)18-14(19)10-4-3-9(20-2)7-12(10)16/h3-7H,16H2,1-2H3,(H,17,18,19). The molecule has 0 radical (unpaired) electrons. The van der Waals surface area contributed by atoms with Gasteiger partial charge in [0.2, 0.25) is 0 Å². The number of nitrogen functional groups attached to an aromatic ring is 1. The van der Waals surface area contributed by atoms with Crippen molar-refractivity contribution in [1.29, 1.82) is 0 Å². The number of pyridine rings is 1. The third-order valence-electron chi connectivity index (χ3n) is 2.77. The van der Waals surface area contributed by atoms with E-state index < -0.39 is 0 Å². The summed E-state index contributed by atoms with van der Waals surface area (Å²) in [5.74, 6) is 0.780. The van der Waals surface area contributed by atoms with E-state index in [4.69, 9.17) is 10.5 Å². The first kappa shape index (κ1) is 14.3. The number of hydrogen-bond donors (Lipinski definition) is 2. The largest absolute Gasteiger partial charge is 0.497 e. The van der Waals surface area contributed by atoms with Gasteiger partial charge in [0.25, 0.3) is 5.91 Å². The molecule has 0 bridgehead atoms. The van der Waals surface area contributed by atoms with E-state index in [1.165, 1.54) is 0 Å². The zero-order chi connectivity index (χ0) is 14.7. The van der Waals surface area contributed by atoms with E-state index in [9.17, 15) is 4.79 Å². The first-order chi connectivity index (χ1) is 9.51. The fraction of sp³-hybridized carbons (Fsp3) is 0.143. The lowest BCUT2D eigenvalue weighted by atomic mass is 10.1. The Kier molecular flexibility index (Phi) is 4.24. The van der Waals surface area contributed by atoms with Gasteiger partial charge in [0.1, 0.15) is 11.6 Å². The maximum atomic E-state index is 12.1. The number of anilines is 2. The molecule has 0 unspecified atom stereocenters. The number of nitrogens with two attached hydrogens (primary N) is 1. The number of carbonyl (C=O) groups is 1. The summed E-state index contributed by atoms with van der Waals surface area (Å²) in [6.45, 7) is 1.85. The van der Waals surface area contributed by atoms with Crippen molar-refractivity contribution in [2.75, 3.05) is 18.2 Å². The Morgan fingerprint density at radius 2 is 2.10 bits per heavy atom. The molecule has 0 saturated heterocycles. The van der Waals surface area contributed by atoms with Crippen molar-refractivity contribution in [2.24, 2.45) is 0 Å². The fourth-order valence-electron chi connectivity index (χ4n) is 1.67. The van der Waals surface area contributed by atoms with Gasteiger partial charge in [-0.2, -0.15) is 0 Å². The number of hydrogen-bond acceptors (Lipinski definition) is 4. The zero-order valence-electron chi connectivity index (χ0n) is 11.1. The smallest absolute Gasteiger partial charge is 0.258 e. The van der Waals surface area contributed by atoms with E-state index in [1.54, 1.807) is 31.4 Å². The van der Waals surface area contributed by atoms with Crippen molar-refractivity contribution in [1.82, 2.24) is 4.98 Å². The van der Waals surface area contributed by atoms with Gasteiger partial charge in [0.15, 0.2) is 0 Å². The Morgan fingerprint density at radius 3 is 2.70 bits per heavy atom. The summed E-state index contributed by atoms with van der Waals surface area (Å²) in [7, 11) is 1.54. The molecule has 0 fully saturated rings. The predicted molar refractivity (Wildman–Crippen MR) is 82.0 cm³/mol. The molecule has 0 spiro atoms. The predicted octanol–water partition coefficient (Wildman–Crippen LogP) is 3.00. The summed E-state index contributed by atoms with van der Waals surface area (Å²) in [5, 5.41) is 2.71. The maximum absolute atomic E-state index is 12.1. The Morgan fingerprint density at radius 1 is 1.35 bits per heavy atom. The molecule has 5 nitrogen and oxygen atoms in total. The second kappa shape index (κ2) is 5.92. The van der Waals surface area contributed by atoms with Gasteiger partial charge in [0.05, 0.1) is 18.4 Å². The molecule has 2 rings (SSSR count). The van der Waals surface area contributed by atoms with Crippen LogP contribution < -0.4 is 15.8 Å². The van der Waals surface area contributed by atoms with Crippen LogP contribution in [0.25, 0.3) is 0 Å². The van der Waals surface area contributed by atoms with E-state index in [-0.39, 0.29) is 5.91 Å². The average molecular weight is 336 g/mol. The van der Waals surface area contributed by atoms with Crippen LogP contribution in [0.15, 0.2) is 34.8 Å². The van der Waals surface area contributed by atoms with Crippen LogP contribution >= 0.6 is 15.9 Å². The summed E-state index contributed by atoms with van der Waals surface area (Å²) in [6.07, 6.45) is 0. The highest BCUT2D eigenvalue weighted by Gasteiger charge is 2.11. The van der Waals surface area contributed by atoms with Gasteiger partial charge < -0.3 is 15.8 Å². The van der Waals surface area contributed by atoms with Gasteiger partial charge >= 0.3 is 0 Å². The lowest BCUT2D eigenvalue weighted by Gasteiger charge is -2.09. The molecular weight excluding hydrogens is 322 g/mol. The molecule has 0 aliphatic carbocycles. The van der Waals surface area contributed by atoms with Crippen LogP contribution in [0.5, 0.6) is 5.75 Å². The van der Waals surface area contributed by atoms with Gasteiger partial charge in [-0.05, 0) is 47.1 Å². The second-order valence-corrected chi connectivity index (χ2v) is 5.03. The number of ether oxygens (including phenoxy) is 1. The van der Waals surface area contributed by atoms with Crippen molar-refractivity contribution in [3.05, 3.63) is 46.1 Å². The summed E-state index contributed by atoms with van der Waals surface area (Å²) in [4.78, 5) is 16.4. The van der Waals surface area contributed by atoms with Crippen molar-refractivity contribution in [3.8, 4) is 5.75 Å². The van der Waals surface area contributed by atoms with Crippen LogP contribution in [0.2, 0.25) is 0 Å². The van der Waals surface area contributed by atoms with Crippen molar-refractivity contribution in [3.63, 3.8) is 0 Å². The Labute approximate surface area is 125 Å². The van der Waals surface area contributed by atoms with Gasteiger partial charge in [-0.1, -0.05) is 0 Å². The molecule has 1 aromatic heterocycles. The summed E-state index contributed by atoms with van der Waals surface area (Å²) in [6, 6.07) is 8.46. The number of benzene rings is 1. The van der Waals surface area contributed by atoms with Crippen LogP contribution in [0, 0.1) is 6.92 Å². The van der Waals surface area contributed by atoms with Gasteiger partial charge in [0, 0.05) is 16.2 Å². The van der Waals surface area contributed by atoms with E-state index in [2.05, 4.69) is 26.2 Å². The van der Waals surface area contributed by atoms with Crippen LogP contribution in [0.3, 0.4) is 0 Å². The van der Waals surface area contributed by atoms with Crippen LogP contribution in [0.1, 0.15) is 16.1 Å². The minimum Gasteiger partial charge on any atom is -0.497 e. The SMILES string of the molecule is COc1ccc(C(=O)Nc2ccc(Br)c(C)n2)c(N)c1. The monoisotopic (exact) mass is 335 g/mol. The Hall–Kier alpha value is -2.08. The number of methoxy groups -OCH3 is 1. The number of amides is 1. The second-order valence-electron chi connectivity index (χ2n) is 4.17. The highest BCUT2D eigenvalue weighted by molar-refractivity contribution is 9.10. The van der Waals surface area contributed by atoms with Gasteiger partial charge in [-0.15, -0.1) is 0 Å². The number of aromatic nitrogens is 1. The quantitative estimate of drug-likeness (QED) is 0.845. The lowest BCUT2D eigenvalue weighted by Crippen LogP contribution is -2.15. The number of halogens is 1. The van der Waals surface area contributed by atoms with Crippen molar-refractivity contribution < 1.29 is 9.53 Å². The molecule has 1 amide bonds. The molecule has 6 heteroatoms. The van der Waals surface area contributed by atoms with Crippen molar-refractivity contribution >= 4 is 33.3 Å². The molecule has 0 saturated carbocycles. The number of carbonyl (C=O) groups excluding carboxylic acids is 1. The minimum absolute atomic E-state index is 0.306. The van der Waals surface area contributed by atoms with Crippen molar-refractivity contribution in [2.45, 2.75) is 6.92 Å². The fourth-order valence-corrected chi connectivity index (χ4v) is 1.89. The van der Waals surface area contributed by atoms with Crippen LogP contribution in [-0.2, 0) is 0 Å². The molecule has 0 aliphatic heterocycles. The maximum Gasteiger partial charge on any atom is 0.258 e. The van der Waals surface area contributed by atoms with Gasteiger partial charge in [-0.25, -0.2) is 4.98 Å². The Bertz CT molecular complexity index is 659. The number of nitrogens with one attached hydrogen (secondary N) is 1. The molecule has 1 aromatic carbocycles. The number of aryl methyl sites for hydroxylation is 1. The summed E-state index contributed by atoms with van der Waals surface area (Å²) < 4.78 is 5.94. The highest BCUT2D eigenvalue weighted by Crippen LogP contribution is 2.21. The first-order valence-electron chi connectivity index (χ1n) is 5.89. The molecular formula is C14H14BrN3O2. The minimum atomic E-state index is -0.306. The molecule has 2 aromatic rings. The number of rotatable bonds is 3. The molecule has 1 heterocycles. The van der Waals surface area contributed by atoms with E-state index in [0.717, 1.165) is 10.2 Å². The average Bonchev–Trinajstić information content (AvgIpc) is 2.42. The summed E-state index contributed by atoms with van der Waals surface area (Å²) in [5.41, 5.74) is 7.37. The van der Waals surface area contributed by atoms with E-state index in [0.29, 0.717) is 22.8 Å². The third-order valence-corrected chi connectivity index (χ3v) is 3.60.